The van der Waals surface area contributed by atoms with Crippen LogP contribution in [0.4, 0.5) is 0 Å². The molecular weight excluding hydrogens is 448 g/mol. The largest absolute Gasteiger partial charge is 0.507 e. The number of unbranched alkanes of at least 4 members (excludes halogenated alkanes) is 18. The highest BCUT2D eigenvalue weighted by Crippen LogP contribution is 2.37. The summed E-state index contributed by atoms with van der Waals surface area (Å²) < 4.78 is 5.91. The third-order valence-electron chi connectivity index (χ3n) is 7.67. The molecule has 2 N–H and O–H groups in total. The molecule has 36 heavy (non-hydrogen) atoms. The Labute approximate surface area is 219 Å². The molecule has 1 aromatic carbocycles. The Morgan fingerprint density at radius 1 is 0.611 bits per heavy atom. The monoisotopic (exact) mass is 500 g/mol. The van der Waals surface area contributed by atoms with Crippen molar-refractivity contribution < 1.29 is 14.6 Å². The van der Waals surface area contributed by atoms with Gasteiger partial charge in [-0.25, -0.2) is 0 Å². The van der Waals surface area contributed by atoms with Gasteiger partial charge in [-0.2, -0.15) is 0 Å². The van der Waals surface area contributed by atoms with Crippen LogP contribution in [0.15, 0.2) is 15.3 Å². The lowest BCUT2D eigenvalue weighted by molar-refractivity contribution is 0.439. The molecule has 2 rings (SSSR count). The van der Waals surface area contributed by atoms with E-state index < -0.39 is 0 Å². The van der Waals surface area contributed by atoms with Gasteiger partial charge in [-0.3, -0.25) is 4.79 Å². The minimum absolute atomic E-state index is 0.0104. The van der Waals surface area contributed by atoms with E-state index >= 15 is 0 Å². The molecule has 0 aliphatic heterocycles. The first-order valence-electron chi connectivity index (χ1n) is 14.9. The van der Waals surface area contributed by atoms with Crippen LogP contribution in [-0.2, 0) is 6.42 Å². The molecule has 0 saturated carbocycles. The second-order valence-electron chi connectivity index (χ2n) is 10.8. The number of aryl methyl sites for hydroxylation is 2. The van der Waals surface area contributed by atoms with Crippen LogP contribution in [0.5, 0.6) is 11.5 Å². The molecule has 0 aliphatic rings. The van der Waals surface area contributed by atoms with E-state index in [0.29, 0.717) is 28.9 Å². The first kappa shape index (κ1) is 30.3. The van der Waals surface area contributed by atoms with Crippen LogP contribution in [0.1, 0.15) is 146 Å². The molecule has 0 unspecified atom stereocenters. The number of phenols is 2. The molecule has 204 valence electrons. The van der Waals surface area contributed by atoms with E-state index in [1.807, 2.05) is 0 Å². The van der Waals surface area contributed by atoms with Gasteiger partial charge in [0, 0.05) is 23.6 Å². The molecule has 0 amide bonds. The number of rotatable bonds is 20. The number of hydrogen-bond acceptors (Lipinski definition) is 4. The van der Waals surface area contributed by atoms with Gasteiger partial charge in [-0.15, -0.1) is 0 Å². The molecule has 0 spiro atoms. The Morgan fingerprint density at radius 2 is 1.03 bits per heavy atom. The second-order valence-corrected chi connectivity index (χ2v) is 10.8. The minimum Gasteiger partial charge on any atom is -0.507 e. The highest BCUT2D eigenvalue weighted by Gasteiger charge is 2.18. The Kier molecular flexibility index (Phi) is 14.7. The van der Waals surface area contributed by atoms with Crippen LogP contribution in [0.2, 0.25) is 0 Å². The summed E-state index contributed by atoms with van der Waals surface area (Å²) in [6.45, 7) is 5.60. The molecular formula is C32H52O4. The summed E-state index contributed by atoms with van der Waals surface area (Å²) >= 11 is 0. The molecule has 4 heteroatoms. The first-order valence-corrected chi connectivity index (χ1v) is 14.9. The van der Waals surface area contributed by atoms with E-state index in [0.717, 1.165) is 12.8 Å². The number of fused-ring (bicyclic) bond motifs is 1. The molecule has 1 aromatic heterocycles. The molecule has 2 aromatic rings. The standard InChI is InChI=1S/C32H52O4/c1-4-5-6-7-8-9-10-11-12-13-14-15-16-17-18-19-20-21-22-23-27-24-28(33)29-31(35)25(2)30(34)26(3)32(29)36-27/h24,34-35H,4-23H2,1-3H3. The van der Waals surface area contributed by atoms with Crippen molar-refractivity contribution in [3.05, 3.63) is 33.2 Å². The number of aromatic hydroxyl groups is 2. The highest BCUT2D eigenvalue weighted by molar-refractivity contribution is 5.89. The summed E-state index contributed by atoms with van der Waals surface area (Å²) in [6.07, 6.45) is 26.4. The van der Waals surface area contributed by atoms with E-state index in [2.05, 4.69) is 6.92 Å². The van der Waals surface area contributed by atoms with Crippen LogP contribution in [-0.4, -0.2) is 10.2 Å². The van der Waals surface area contributed by atoms with Gasteiger partial charge in [0.1, 0.15) is 28.2 Å². The van der Waals surface area contributed by atoms with Crippen LogP contribution < -0.4 is 5.43 Å². The van der Waals surface area contributed by atoms with Crippen LogP contribution in [0, 0.1) is 13.8 Å². The van der Waals surface area contributed by atoms with E-state index in [-0.39, 0.29) is 22.3 Å². The first-order chi connectivity index (χ1) is 17.5. The van der Waals surface area contributed by atoms with Gasteiger partial charge in [0.15, 0.2) is 5.43 Å². The third-order valence-corrected chi connectivity index (χ3v) is 7.67. The minimum atomic E-state index is -0.243. The second kappa shape index (κ2) is 17.5. The van der Waals surface area contributed by atoms with E-state index in [1.165, 1.54) is 115 Å². The molecule has 0 aliphatic carbocycles. The Morgan fingerprint density at radius 3 is 1.47 bits per heavy atom. The lowest BCUT2D eigenvalue weighted by Gasteiger charge is -2.11. The number of phenolic OH excluding ortho intramolecular Hbond substituents is 2. The lowest BCUT2D eigenvalue weighted by Crippen LogP contribution is -2.04. The fourth-order valence-electron chi connectivity index (χ4n) is 5.22. The quantitative estimate of drug-likeness (QED) is 0.177. The van der Waals surface area contributed by atoms with Crippen molar-refractivity contribution in [2.75, 3.05) is 0 Å². The molecule has 0 saturated heterocycles. The smallest absolute Gasteiger partial charge is 0.196 e. The van der Waals surface area contributed by atoms with Gasteiger partial charge in [0.2, 0.25) is 0 Å². The lowest BCUT2D eigenvalue weighted by atomic mass is 10.0. The van der Waals surface area contributed by atoms with Crippen LogP contribution in [0.3, 0.4) is 0 Å². The highest BCUT2D eigenvalue weighted by atomic mass is 16.3. The van der Waals surface area contributed by atoms with Crippen molar-refractivity contribution in [1.82, 2.24) is 0 Å². The number of hydrogen-bond donors (Lipinski definition) is 2. The number of benzene rings is 1. The molecule has 0 bridgehead atoms. The SMILES string of the molecule is CCCCCCCCCCCCCCCCCCCCCc1cc(=O)c2c(O)c(C)c(O)c(C)c2o1. The average molecular weight is 501 g/mol. The molecule has 0 fully saturated rings. The van der Waals surface area contributed by atoms with Crippen molar-refractivity contribution in [2.24, 2.45) is 0 Å². The van der Waals surface area contributed by atoms with Gasteiger partial charge in [0.05, 0.1) is 0 Å². The molecule has 1 heterocycles. The van der Waals surface area contributed by atoms with Crippen molar-refractivity contribution in [3.63, 3.8) is 0 Å². The normalized spacial score (nSPS) is 11.5. The fraction of sp³-hybridized carbons (Fsp3) is 0.719. The predicted octanol–water partition coefficient (Wildman–Crippen LogP) is 9.80. The van der Waals surface area contributed by atoms with E-state index in [1.54, 1.807) is 13.8 Å². The third kappa shape index (κ3) is 10.2. The Hall–Kier alpha value is -1.97. The van der Waals surface area contributed by atoms with Crippen molar-refractivity contribution >= 4 is 11.0 Å². The van der Waals surface area contributed by atoms with Crippen LogP contribution in [0.25, 0.3) is 11.0 Å². The fourth-order valence-corrected chi connectivity index (χ4v) is 5.22. The zero-order valence-electron chi connectivity index (χ0n) is 23.4. The van der Waals surface area contributed by atoms with Gasteiger partial charge < -0.3 is 14.6 Å². The molecule has 4 nitrogen and oxygen atoms in total. The van der Waals surface area contributed by atoms with E-state index in [4.69, 9.17) is 4.42 Å². The van der Waals surface area contributed by atoms with Crippen molar-refractivity contribution in [1.29, 1.82) is 0 Å². The Balaban J connectivity index is 1.47. The van der Waals surface area contributed by atoms with Gasteiger partial charge in [0.25, 0.3) is 0 Å². The maximum atomic E-state index is 12.5. The summed E-state index contributed by atoms with van der Waals surface area (Å²) in [5.41, 5.74) is 0.884. The van der Waals surface area contributed by atoms with Crippen molar-refractivity contribution in [3.8, 4) is 11.5 Å². The van der Waals surface area contributed by atoms with Crippen LogP contribution >= 0.6 is 0 Å². The zero-order valence-corrected chi connectivity index (χ0v) is 23.4. The maximum Gasteiger partial charge on any atom is 0.196 e. The van der Waals surface area contributed by atoms with E-state index in [9.17, 15) is 15.0 Å². The van der Waals surface area contributed by atoms with Gasteiger partial charge in [-0.05, 0) is 20.3 Å². The Bertz CT molecular complexity index is 944. The topological polar surface area (TPSA) is 70.7 Å². The molecule has 0 atom stereocenters. The van der Waals surface area contributed by atoms with Gasteiger partial charge in [-0.1, -0.05) is 122 Å². The summed E-state index contributed by atoms with van der Waals surface area (Å²) in [5.74, 6) is 0.436. The summed E-state index contributed by atoms with van der Waals surface area (Å²) in [4.78, 5) is 12.5. The summed E-state index contributed by atoms with van der Waals surface area (Å²) in [5, 5.41) is 20.6. The average Bonchev–Trinajstić information content (AvgIpc) is 2.87. The maximum absolute atomic E-state index is 12.5. The summed E-state index contributed by atoms with van der Waals surface area (Å²) in [6, 6.07) is 1.49. The van der Waals surface area contributed by atoms with Gasteiger partial charge >= 0.3 is 0 Å². The zero-order chi connectivity index (χ0) is 26.2. The van der Waals surface area contributed by atoms with Crippen molar-refractivity contribution in [2.45, 2.75) is 149 Å². The molecule has 0 radical (unpaired) electrons. The summed E-state index contributed by atoms with van der Waals surface area (Å²) in [7, 11) is 0. The predicted molar refractivity (Wildman–Crippen MR) is 152 cm³/mol.